The first kappa shape index (κ1) is 20.3. The Kier molecular flexibility index (Phi) is 5.89. The molecule has 1 aromatic rings. The van der Waals surface area contributed by atoms with E-state index in [0.717, 1.165) is 37.2 Å². The van der Waals surface area contributed by atoms with Crippen LogP contribution in [0.1, 0.15) is 41.6 Å². The van der Waals surface area contributed by atoms with E-state index in [1.54, 1.807) is 22.5 Å². The van der Waals surface area contributed by atoms with E-state index >= 15 is 0 Å². The third-order valence-electron chi connectivity index (χ3n) is 6.08. The summed E-state index contributed by atoms with van der Waals surface area (Å²) in [4.78, 5) is 24.0. The van der Waals surface area contributed by atoms with Crippen molar-refractivity contribution >= 4 is 27.5 Å². The number of rotatable bonds is 5. The minimum Gasteiger partial charge on any atom is -0.349 e. The van der Waals surface area contributed by atoms with Crippen molar-refractivity contribution in [2.75, 3.05) is 37.2 Å². The van der Waals surface area contributed by atoms with Crippen molar-refractivity contribution in [1.29, 1.82) is 0 Å². The highest BCUT2D eigenvalue weighted by Gasteiger charge is 2.31. The molecular weight excluding hydrogens is 392 g/mol. The van der Waals surface area contributed by atoms with E-state index in [9.17, 15) is 18.0 Å². The molecule has 8 nitrogen and oxygen atoms in total. The lowest BCUT2D eigenvalue weighted by Gasteiger charge is -2.33. The molecule has 2 amide bonds. The Balaban J connectivity index is 1.29. The number of anilines is 1. The van der Waals surface area contributed by atoms with Gasteiger partial charge in [0.15, 0.2) is 0 Å². The average molecular weight is 421 g/mol. The van der Waals surface area contributed by atoms with Crippen LogP contribution in [0, 0.1) is 5.92 Å². The highest BCUT2D eigenvalue weighted by Crippen LogP contribution is 2.24. The van der Waals surface area contributed by atoms with Gasteiger partial charge in [-0.15, -0.1) is 0 Å². The first-order valence-electron chi connectivity index (χ1n) is 10.3. The SMILES string of the molecule is O=C1Cc2cc(C(=O)NC3CCN(S(=O)(=O)CC4CCNCC4)CC3)ccc2N1. The van der Waals surface area contributed by atoms with E-state index in [0.29, 0.717) is 37.9 Å². The molecule has 0 atom stereocenters. The van der Waals surface area contributed by atoms with Crippen LogP contribution in [0.3, 0.4) is 0 Å². The van der Waals surface area contributed by atoms with Crippen LogP contribution in [-0.2, 0) is 21.2 Å². The zero-order valence-corrected chi connectivity index (χ0v) is 17.3. The minimum atomic E-state index is -3.25. The van der Waals surface area contributed by atoms with Crippen LogP contribution in [-0.4, -0.2) is 62.5 Å². The second-order valence-electron chi connectivity index (χ2n) is 8.22. The molecule has 0 aliphatic carbocycles. The fourth-order valence-corrected chi connectivity index (χ4v) is 6.28. The van der Waals surface area contributed by atoms with Crippen LogP contribution in [0.2, 0.25) is 0 Å². The minimum absolute atomic E-state index is 0.0409. The predicted molar refractivity (Wildman–Crippen MR) is 110 cm³/mol. The molecule has 9 heteroatoms. The number of hydrogen-bond donors (Lipinski definition) is 3. The number of piperidine rings is 2. The van der Waals surface area contributed by atoms with Crippen molar-refractivity contribution in [1.82, 2.24) is 14.9 Å². The van der Waals surface area contributed by atoms with Gasteiger partial charge in [-0.05, 0) is 68.5 Å². The van der Waals surface area contributed by atoms with Crippen LogP contribution in [0.15, 0.2) is 18.2 Å². The highest BCUT2D eigenvalue weighted by atomic mass is 32.2. The molecule has 0 spiro atoms. The van der Waals surface area contributed by atoms with E-state index < -0.39 is 10.0 Å². The lowest BCUT2D eigenvalue weighted by atomic mass is 10.0. The van der Waals surface area contributed by atoms with E-state index in [1.165, 1.54) is 0 Å². The van der Waals surface area contributed by atoms with Gasteiger partial charge in [0, 0.05) is 30.4 Å². The highest BCUT2D eigenvalue weighted by molar-refractivity contribution is 7.89. The van der Waals surface area contributed by atoms with Gasteiger partial charge in [0.1, 0.15) is 0 Å². The van der Waals surface area contributed by atoms with E-state index in [1.807, 2.05) is 0 Å². The van der Waals surface area contributed by atoms with Crippen LogP contribution in [0.4, 0.5) is 5.69 Å². The number of benzene rings is 1. The summed E-state index contributed by atoms with van der Waals surface area (Å²) >= 11 is 0. The molecule has 158 valence electrons. The lowest BCUT2D eigenvalue weighted by molar-refractivity contribution is -0.115. The Morgan fingerprint density at radius 2 is 1.86 bits per heavy atom. The summed E-state index contributed by atoms with van der Waals surface area (Å²) in [5.41, 5.74) is 2.13. The van der Waals surface area contributed by atoms with Crippen molar-refractivity contribution in [2.45, 2.75) is 38.1 Å². The molecule has 3 aliphatic heterocycles. The maximum absolute atomic E-state index is 12.7. The molecule has 3 N–H and O–H groups in total. The van der Waals surface area contributed by atoms with Gasteiger partial charge >= 0.3 is 0 Å². The zero-order valence-electron chi connectivity index (χ0n) is 16.4. The molecule has 2 saturated heterocycles. The molecule has 0 bridgehead atoms. The fraction of sp³-hybridized carbons (Fsp3) is 0.600. The van der Waals surface area contributed by atoms with Crippen molar-refractivity contribution in [3.05, 3.63) is 29.3 Å². The Morgan fingerprint density at radius 1 is 1.14 bits per heavy atom. The molecule has 0 aromatic heterocycles. The van der Waals surface area contributed by atoms with Crippen molar-refractivity contribution in [2.24, 2.45) is 5.92 Å². The van der Waals surface area contributed by atoms with Gasteiger partial charge in [-0.1, -0.05) is 0 Å². The van der Waals surface area contributed by atoms with Gasteiger partial charge in [-0.2, -0.15) is 0 Å². The number of carbonyl (C=O) groups excluding carboxylic acids is 2. The lowest BCUT2D eigenvalue weighted by Crippen LogP contribution is -2.48. The maximum atomic E-state index is 12.7. The quantitative estimate of drug-likeness (QED) is 0.650. The third-order valence-corrected chi connectivity index (χ3v) is 8.12. The Bertz CT molecular complexity index is 888. The topological polar surface area (TPSA) is 108 Å². The summed E-state index contributed by atoms with van der Waals surface area (Å²) in [7, 11) is -3.25. The Labute approximate surface area is 171 Å². The normalized spacial score (nSPS) is 21.6. The summed E-state index contributed by atoms with van der Waals surface area (Å²) in [6.07, 6.45) is 3.34. The van der Waals surface area contributed by atoms with Crippen LogP contribution < -0.4 is 16.0 Å². The first-order chi connectivity index (χ1) is 13.9. The summed E-state index contributed by atoms with van der Waals surface area (Å²) in [5.74, 6) is 0.228. The van der Waals surface area contributed by atoms with Crippen LogP contribution in [0.5, 0.6) is 0 Å². The van der Waals surface area contributed by atoms with E-state index in [4.69, 9.17) is 0 Å². The smallest absolute Gasteiger partial charge is 0.251 e. The Hall–Kier alpha value is -1.97. The second kappa shape index (κ2) is 8.41. The second-order valence-corrected chi connectivity index (χ2v) is 10.2. The first-order valence-corrected chi connectivity index (χ1v) is 11.9. The molecule has 0 unspecified atom stereocenters. The van der Waals surface area contributed by atoms with E-state index in [2.05, 4.69) is 16.0 Å². The number of carbonyl (C=O) groups is 2. The molecule has 3 aliphatic rings. The molecule has 1 aromatic carbocycles. The number of amides is 2. The molecule has 29 heavy (non-hydrogen) atoms. The molecular formula is C20H28N4O4S. The number of fused-ring (bicyclic) bond motifs is 1. The third kappa shape index (κ3) is 4.79. The number of nitrogens with one attached hydrogen (secondary N) is 3. The predicted octanol–water partition coefficient (Wildman–Crippen LogP) is 0.705. The Morgan fingerprint density at radius 3 is 2.59 bits per heavy atom. The molecule has 2 fully saturated rings. The number of hydrogen-bond acceptors (Lipinski definition) is 5. The number of nitrogens with zero attached hydrogens (tertiary/aromatic N) is 1. The van der Waals surface area contributed by atoms with Crippen molar-refractivity contribution in [3.63, 3.8) is 0 Å². The van der Waals surface area contributed by atoms with Gasteiger partial charge in [-0.25, -0.2) is 12.7 Å². The zero-order chi connectivity index (χ0) is 20.4. The molecule has 0 radical (unpaired) electrons. The van der Waals surface area contributed by atoms with Gasteiger partial charge in [-0.3, -0.25) is 9.59 Å². The summed E-state index contributed by atoms with van der Waals surface area (Å²) < 4.78 is 27.0. The van der Waals surface area contributed by atoms with Crippen LogP contribution >= 0.6 is 0 Å². The average Bonchev–Trinajstić information content (AvgIpc) is 3.08. The maximum Gasteiger partial charge on any atom is 0.251 e. The largest absolute Gasteiger partial charge is 0.349 e. The van der Waals surface area contributed by atoms with Gasteiger partial charge < -0.3 is 16.0 Å². The van der Waals surface area contributed by atoms with Crippen molar-refractivity contribution < 1.29 is 18.0 Å². The molecule has 4 rings (SSSR count). The van der Waals surface area contributed by atoms with Gasteiger partial charge in [0.25, 0.3) is 5.91 Å². The molecule has 3 heterocycles. The van der Waals surface area contributed by atoms with E-state index in [-0.39, 0.29) is 29.5 Å². The molecule has 0 saturated carbocycles. The van der Waals surface area contributed by atoms with Gasteiger partial charge in [0.05, 0.1) is 12.2 Å². The summed E-state index contributed by atoms with van der Waals surface area (Å²) in [6.45, 7) is 2.67. The van der Waals surface area contributed by atoms with Crippen LogP contribution in [0.25, 0.3) is 0 Å². The monoisotopic (exact) mass is 420 g/mol. The number of sulfonamides is 1. The summed E-state index contributed by atoms with van der Waals surface area (Å²) in [5, 5.41) is 9.04. The standard InChI is InChI=1S/C20H28N4O4S/c25-19-12-16-11-15(1-2-18(16)23-19)20(26)22-17-5-9-24(10-6-17)29(27,28)13-14-3-7-21-8-4-14/h1-2,11,14,17,21H,3-10,12-13H2,(H,22,26)(H,23,25). The van der Waals surface area contributed by atoms with Gasteiger partial charge in [0.2, 0.25) is 15.9 Å². The fourth-order valence-electron chi connectivity index (χ4n) is 4.37. The summed E-state index contributed by atoms with van der Waals surface area (Å²) in [6, 6.07) is 5.17. The van der Waals surface area contributed by atoms with Crippen molar-refractivity contribution in [3.8, 4) is 0 Å².